The van der Waals surface area contributed by atoms with E-state index in [1.54, 1.807) is 41.8 Å². The van der Waals surface area contributed by atoms with E-state index >= 15 is 0 Å². The van der Waals surface area contributed by atoms with Crippen LogP contribution in [0.25, 0.3) is 38.5 Å². The molecule has 17 heteroatoms. The average molecular weight is 837 g/mol. The number of ether oxygens (including phenoxy) is 1. The van der Waals surface area contributed by atoms with Crippen LogP contribution in [0.15, 0.2) is 104 Å². The lowest BCUT2D eigenvalue weighted by atomic mass is 9.93. The number of aromatic nitrogens is 1. The molecular formula is C39H36N2O11S4. The van der Waals surface area contributed by atoms with Crippen molar-refractivity contribution in [2.75, 3.05) is 18.9 Å². The first-order chi connectivity index (χ1) is 26.6. The van der Waals surface area contributed by atoms with Crippen molar-refractivity contribution in [3.63, 3.8) is 0 Å². The van der Waals surface area contributed by atoms with E-state index in [-0.39, 0.29) is 34.5 Å². The van der Waals surface area contributed by atoms with Crippen molar-refractivity contribution in [2.24, 2.45) is 0 Å². The second kappa shape index (κ2) is 15.0. The Bertz CT molecular complexity index is 3010. The quantitative estimate of drug-likeness (QED) is 0.0621. The number of hydrogen-bond donors (Lipinski definition) is 2. The summed E-state index contributed by atoms with van der Waals surface area (Å²) in [5.74, 6) is 0.455. The van der Waals surface area contributed by atoms with Crippen molar-refractivity contribution < 1.29 is 53.0 Å². The number of hydrogen-bond acceptors (Lipinski definition) is 10. The molecule has 292 valence electrons. The molecular weight excluding hydrogens is 801 g/mol. The van der Waals surface area contributed by atoms with Gasteiger partial charge in [-0.25, -0.2) is 8.42 Å². The molecule has 0 unspecified atom stereocenters. The number of thioether (sulfide) groups is 1. The number of benzene rings is 4. The molecule has 0 fully saturated rings. The van der Waals surface area contributed by atoms with Crippen LogP contribution in [0.1, 0.15) is 38.7 Å². The van der Waals surface area contributed by atoms with Crippen LogP contribution in [0.4, 0.5) is 5.69 Å². The van der Waals surface area contributed by atoms with E-state index in [0.717, 1.165) is 51.2 Å². The van der Waals surface area contributed by atoms with Gasteiger partial charge in [0.15, 0.2) is 4.90 Å². The van der Waals surface area contributed by atoms with Gasteiger partial charge >= 0.3 is 10.1 Å². The zero-order valence-corrected chi connectivity index (χ0v) is 33.4. The van der Waals surface area contributed by atoms with Crippen LogP contribution < -0.4 is 5.35 Å². The molecule has 4 aromatic carbocycles. The number of carbonyl (C=O) groups excluding carboxylic acids is 1. The topological polar surface area (TPSA) is 200 Å². The lowest BCUT2D eigenvalue weighted by Crippen LogP contribution is -2.15. The van der Waals surface area contributed by atoms with Crippen molar-refractivity contribution >= 4 is 98.5 Å². The summed E-state index contributed by atoms with van der Waals surface area (Å²) in [7, 11) is -14.5. The van der Waals surface area contributed by atoms with E-state index in [1.807, 2.05) is 37.3 Å². The van der Waals surface area contributed by atoms with Crippen molar-refractivity contribution in [2.45, 2.75) is 54.3 Å². The van der Waals surface area contributed by atoms with E-state index < -0.39 is 40.1 Å². The summed E-state index contributed by atoms with van der Waals surface area (Å²) in [5.41, 5.74) is 3.92. The van der Waals surface area contributed by atoms with Gasteiger partial charge in [0, 0.05) is 55.7 Å². The smallest absolute Gasteiger partial charge is 0.301 e. The Balaban J connectivity index is 1.40. The lowest BCUT2D eigenvalue weighted by molar-refractivity contribution is -0.433. The van der Waals surface area contributed by atoms with Crippen LogP contribution in [0, 0.1) is 0 Å². The van der Waals surface area contributed by atoms with Gasteiger partial charge in [-0.2, -0.15) is 21.4 Å². The Morgan fingerprint density at radius 2 is 1.55 bits per heavy atom. The molecule has 2 aliphatic rings. The third kappa shape index (κ3) is 7.01. The van der Waals surface area contributed by atoms with Gasteiger partial charge in [-0.3, -0.25) is 13.9 Å². The highest BCUT2D eigenvalue weighted by molar-refractivity contribution is 8.03. The summed E-state index contributed by atoms with van der Waals surface area (Å²) in [6, 6.07) is 13.9. The van der Waals surface area contributed by atoms with Crippen LogP contribution in [0.2, 0.25) is 0 Å². The lowest BCUT2D eigenvalue weighted by Gasteiger charge is -2.21. The minimum atomic E-state index is -4.94. The number of aryl methyl sites for hydroxylation is 1. The number of allylic oxidation sites excluding steroid dienone is 5. The van der Waals surface area contributed by atoms with Crippen LogP contribution in [0.5, 0.6) is 0 Å². The maximum Gasteiger partial charge on any atom is 0.301 e. The SMILES string of the molecule is CCn1c(=CC=C2CCCC(C=CC3=[N+](CC)c4c(S(=O)(=O)O)cc(S(=O)(=O)O)c5cccc3c45)=C2SCCOC=O)c2cccc3c(S(=O)(=O)[O-])ccc1c32. The number of nitrogens with zero attached hydrogens (tertiary/aromatic N) is 2. The van der Waals surface area contributed by atoms with Gasteiger partial charge in [-0.1, -0.05) is 42.5 Å². The predicted molar refractivity (Wildman–Crippen MR) is 213 cm³/mol. The van der Waals surface area contributed by atoms with Gasteiger partial charge in [0.25, 0.3) is 16.6 Å². The normalized spacial score (nSPS) is 16.5. The van der Waals surface area contributed by atoms with E-state index in [4.69, 9.17) is 4.74 Å². The molecule has 0 atom stereocenters. The fraction of sp³-hybridized carbons (Fsp3) is 0.231. The van der Waals surface area contributed by atoms with Crippen molar-refractivity contribution in [1.29, 1.82) is 0 Å². The Labute approximate surface area is 327 Å². The highest BCUT2D eigenvalue weighted by Gasteiger charge is 2.39. The Morgan fingerprint density at radius 3 is 2.21 bits per heavy atom. The molecule has 1 aliphatic carbocycles. The molecule has 0 spiro atoms. The minimum absolute atomic E-state index is 0.103. The number of rotatable bonds is 13. The molecule has 5 aromatic rings. The third-order valence-corrected chi connectivity index (χ3v) is 13.9. The third-order valence-electron chi connectivity index (χ3n) is 10.1. The van der Waals surface area contributed by atoms with Gasteiger partial charge in [-0.15, -0.1) is 11.8 Å². The van der Waals surface area contributed by atoms with Gasteiger partial charge in [0.05, 0.1) is 15.8 Å². The zero-order valence-electron chi connectivity index (χ0n) is 30.1. The van der Waals surface area contributed by atoms with Crippen LogP contribution in [0.3, 0.4) is 0 Å². The summed E-state index contributed by atoms with van der Waals surface area (Å²) < 4.78 is 116. The van der Waals surface area contributed by atoms with Crippen LogP contribution in [-0.2, 0) is 46.4 Å². The van der Waals surface area contributed by atoms with Gasteiger partial charge in [0.1, 0.15) is 28.2 Å². The molecule has 7 rings (SSSR count). The molecule has 13 nitrogen and oxygen atoms in total. The fourth-order valence-electron chi connectivity index (χ4n) is 7.89. The molecule has 0 saturated heterocycles. The average Bonchev–Trinajstić information content (AvgIpc) is 3.63. The summed E-state index contributed by atoms with van der Waals surface area (Å²) >= 11 is 1.51. The highest BCUT2D eigenvalue weighted by atomic mass is 32.2. The first-order valence-corrected chi connectivity index (χ1v) is 22.9. The molecule has 0 amide bonds. The van der Waals surface area contributed by atoms with Crippen molar-refractivity contribution in [1.82, 2.24) is 4.57 Å². The highest BCUT2D eigenvalue weighted by Crippen LogP contribution is 2.44. The first kappa shape index (κ1) is 39.6. The molecule has 56 heavy (non-hydrogen) atoms. The maximum atomic E-state index is 12.7. The summed E-state index contributed by atoms with van der Waals surface area (Å²) in [4.78, 5) is 10.3. The molecule has 0 saturated carbocycles. The standard InChI is InChI=1S/C39H36N2O11S4/c1-3-40-30(26-10-6-12-28-33(54(43,44)45)19-18-32(40)36(26)28)16-14-24-8-5-9-25(39(24)53-21-20-52-23-42)15-17-31-27-11-7-13-29-34(55(46,47)48)22-35(56(49,50)51)38(37(27)29)41(31)4-2/h6-7,10-19,22-23H,3-5,8-9,20-21H2,1-2H3,(H2-,43,44,45,46,47,48,49,50,51). The van der Waals surface area contributed by atoms with E-state index in [9.17, 15) is 43.7 Å². The molecule has 1 aromatic heterocycles. The fourth-order valence-corrected chi connectivity index (χ4v) is 11.2. The maximum absolute atomic E-state index is 12.7. The van der Waals surface area contributed by atoms with Crippen molar-refractivity contribution in [3.8, 4) is 0 Å². The largest absolute Gasteiger partial charge is 0.744 e. The van der Waals surface area contributed by atoms with Gasteiger partial charge in [0.2, 0.25) is 11.4 Å². The second-order valence-electron chi connectivity index (χ2n) is 13.1. The molecule has 0 radical (unpaired) electrons. The Hall–Kier alpha value is -4.62. The van der Waals surface area contributed by atoms with Crippen LogP contribution in [-0.4, -0.2) is 79.1 Å². The van der Waals surface area contributed by atoms with E-state index in [1.165, 1.54) is 23.9 Å². The summed E-state index contributed by atoms with van der Waals surface area (Å²) in [5, 5.41) is 3.04. The van der Waals surface area contributed by atoms with Crippen LogP contribution >= 0.6 is 11.8 Å². The summed E-state index contributed by atoms with van der Waals surface area (Å²) in [6.45, 7) is 5.16. The Kier molecular flexibility index (Phi) is 10.6. The molecule has 1 aliphatic heterocycles. The van der Waals surface area contributed by atoms with Gasteiger partial charge in [-0.05, 0) is 74.6 Å². The molecule has 0 bridgehead atoms. The van der Waals surface area contributed by atoms with E-state index in [0.29, 0.717) is 47.2 Å². The zero-order chi connectivity index (χ0) is 40.2. The monoisotopic (exact) mass is 836 g/mol. The van der Waals surface area contributed by atoms with Gasteiger partial charge < -0.3 is 13.9 Å². The first-order valence-electron chi connectivity index (χ1n) is 17.6. The van der Waals surface area contributed by atoms with E-state index in [2.05, 4.69) is 4.57 Å². The molecule has 2 heterocycles. The number of carbonyl (C=O) groups is 1. The predicted octanol–water partition coefficient (Wildman–Crippen LogP) is 5.86. The minimum Gasteiger partial charge on any atom is -0.744 e. The van der Waals surface area contributed by atoms with Crippen molar-refractivity contribution in [3.05, 3.63) is 99.8 Å². The molecule has 2 N–H and O–H groups in total. The second-order valence-corrected chi connectivity index (χ2v) is 18.4. The summed E-state index contributed by atoms with van der Waals surface area (Å²) in [6.07, 6.45) is 9.95. The Morgan fingerprint density at radius 1 is 0.857 bits per heavy atom.